The predicted molar refractivity (Wildman–Crippen MR) is 155 cm³/mol. The van der Waals surface area contributed by atoms with Crippen LogP contribution in [0.3, 0.4) is 0 Å². The largest absolute Gasteiger partial charge is 0.390 e. The normalized spacial score (nSPS) is 20.8. The predicted octanol–water partition coefficient (Wildman–Crippen LogP) is 6.29. The maximum atomic E-state index is 10.3. The SMILES string of the molecule is Cc1cc2ncc3c(-c4ccccc4)c(-c4ccccc4)c(-c4ccc([C@]5(N)C[C@@](C)(O)C5)cc4)nc3n2n1. The summed E-state index contributed by atoms with van der Waals surface area (Å²) in [5, 5.41) is 16.0. The topological polar surface area (TPSA) is 89.3 Å². The van der Waals surface area contributed by atoms with Gasteiger partial charge in [-0.3, -0.25) is 0 Å². The van der Waals surface area contributed by atoms with Crippen LogP contribution >= 0.6 is 0 Å². The van der Waals surface area contributed by atoms with Crippen molar-refractivity contribution in [3.05, 3.63) is 108 Å². The van der Waals surface area contributed by atoms with Crippen molar-refractivity contribution in [3.63, 3.8) is 0 Å². The van der Waals surface area contributed by atoms with E-state index in [0.717, 1.165) is 61.4 Å². The molecule has 7 rings (SSSR count). The molecule has 0 atom stereocenters. The van der Waals surface area contributed by atoms with Gasteiger partial charge in [0.25, 0.3) is 0 Å². The van der Waals surface area contributed by atoms with Crippen LogP contribution in [-0.2, 0) is 5.54 Å². The van der Waals surface area contributed by atoms with Crippen LogP contribution in [0.5, 0.6) is 0 Å². The van der Waals surface area contributed by atoms with E-state index in [1.54, 1.807) is 0 Å². The molecule has 6 nitrogen and oxygen atoms in total. The van der Waals surface area contributed by atoms with Crippen molar-refractivity contribution < 1.29 is 5.11 Å². The maximum Gasteiger partial charge on any atom is 0.165 e. The first-order chi connectivity index (χ1) is 18.8. The van der Waals surface area contributed by atoms with Crippen LogP contribution in [0.15, 0.2) is 97.2 Å². The first-order valence-electron chi connectivity index (χ1n) is 13.2. The molecule has 3 aromatic heterocycles. The highest BCUT2D eigenvalue weighted by atomic mass is 16.3. The van der Waals surface area contributed by atoms with Gasteiger partial charge < -0.3 is 10.8 Å². The molecule has 1 aliphatic carbocycles. The molecule has 0 unspecified atom stereocenters. The quantitative estimate of drug-likeness (QED) is 0.291. The number of aliphatic hydroxyl groups is 1. The van der Waals surface area contributed by atoms with Gasteiger partial charge in [0.15, 0.2) is 11.3 Å². The minimum Gasteiger partial charge on any atom is -0.390 e. The van der Waals surface area contributed by atoms with Crippen molar-refractivity contribution in [3.8, 4) is 33.5 Å². The van der Waals surface area contributed by atoms with Gasteiger partial charge >= 0.3 is 0 Å². The fourth-order valence-corrected chi connectivity index (χ4v) is 6.21. The summed E-state index contributed by atoms with van der Waals surface area (Å²) < 4.78 is 1.84. The fourth-order valence-electron chi connectivity index (χ4n) is 6.21. The van der Waals surface area contributed by atoms with E-state index in [9.17, 15) is 5.11 Å². The number of aryl methyl sites for hydroxylation is 1. The van der Waals surface area contributed by atoms with Gasteiger partial charge in [-0.25, -0.2) is 9.97 Å². The number of rotatable bonds is 4. The van der Waals surface area contributed by atoms with Gasteiger partial charge in [-0.2, -0.15) is 9.61 Å². The molecular weight excluding hydrogens is 482 g/mol. The lowest BCUT2D eigenvalue weighted by molar-refractivity contribution is -0.0738. The first kappa shape index (κ1) is 23.7. The van der Waals surface area contributed by atoms with Gasteiger partial charge in [-0.15, -0.1) is 0 Å². The minimum atomic E-state index is -0.709. The van der Waals surface area contributed by atoms with Crippen molar-refractivity contribution >= 4 is 16.7 Å². The summed E-state index contributed by atoms with van der Waals surface area (Å²) in [5.74, 6) is 0. The summed E-state index contributed by atoms with van der Waals surface area (Å²) in [6.07, 6.45) is 3.01. The highest BCUT2D eigenvalue weighted by molar-refractivity contribution is 6.06. The van der Waals surface area contributed by atoms with Crippen LogP contribution in [0, 0.1) is 6.92 Å². The second-order valence-electron chi connectivity index (χ2n) is 11.1. The molecule has 0 bridgehead atoms. The number of aromatic nitrogens is 4. The highest BCUT2D eigenvalue weighted by Crippen LogP contribution is 2.47. The van der Waals surface area contributed by atoms with Gasteiger partial charge in [0.2, 0.25) is 0 Å². The zero-order chi connectivity index (χ0) is 26.8. The molecule has 6 aromatic rings. The Morgan fingerprint density at radius 2 is 1.44 bits per heavy atom. The van der Waals surface area contributed by atoms with Gasteiger partial charge in [-0.1, -0.05) is 84.9 Å². The Labute approximate surface area is 226 Å². The summed E-state index contributed by atoms with van der Waals surface area (Å²) in [5.41, 5.74) is 15.0. The monoisotopic (exact) mass is 511 g/mol. The average Bonchev–Trinajstić information content (AvgIpc) is 3.32. The summed E-state index contributed by atoms with van der Waals surface area (Å²) in [7, 11) is 0. The second-order valence-corrected chi connectivity index (χ2v) is 11.1. The minimum absolute atomic E-state index is 0.513. The molecule has 1 fully saturated rings. The molecule has 0 radical (unpaired) electrons. The Morgan fingerprint density at radius 1 is 0.821 bits per heavy atom. The molecule has 3 aromatic carbocycles. The number of nitrogens with two attached hydrogens (primary N) is 1. The van der Waals surface area contributed by atoms with E-state index in [1.807, 2.05) is 42.8 Å². The summed E-state index contributed by atoms with van der Waals surface area (Å²) >= 11 is 0. The summed E-state index contributed by atoms with van der Waals surface area (Å²) in [6.45, 7) is 3.81. The van der Waals surface area contributed by atoms with Gasteiger partial charge in [0, 0.05) is 39.9 Å². The van der Waals surface area contributed by atoms with E-state index in [1.165, 1.54) is 0 Å². The fraction of sp³-hybridized carbons (Fsp3) is 0.182. The molecule has 3 N–H and O–H groups in total. The Morgan fingerprint density at radius 3 is 2.05 bits per heavy atom. The van der Waals surface area contributed by atoms with Gasteiger partial charge in [0.1, 0.15) is 0 Å². The van der Waals surface area contributed by atoms with Crippen LogP contribution < -0.4 is 5.73 Å². The van der Waals surface area contributed by atoms with E-state index >= 15 is 0 Å². The maximum absolute atomic E-state index is 10.3. The molecular formula is C33H29N5O. The third-order valence-electron chi connectivity index (χ3n) is 7.80. The third kappa shape index (κ3) is 3.92. The van der Waals surface area contributed by atoms with E-state index in [0.29, 0.717) is 12.8 Å². The smallest absolute Gasteiger partial charge is 0.165 e. The molecule has 0 amide bonds. The molecule has 0 spiro atoms. The lowest BCUT2D eigenvalue weighted by Gasteiger charge is -2.49. The number of benzene rings is 3. The molecule has 1 aliphatic rings. The Bertz CT molecular complexity index is 1830. The zero-order valence-electron chi connectivity index (χ0n) is 22.0. The molecule has 6 heteroatoms. The number of hydrogen-bond acceptors (Lipinski definition) is 5. The van der Waals surface area contributed by atoms with Gasteiger partial charge in [0.05, 0.1) is 17.0 Å². The first-order valence-corrected chi connectivity index (χ1v) is 13.2. The van der Waals surface area contributed by atoms with Crippen LogP contribution in [0.1, 0.15) is 31.0 Å². The van der Waals surface area contributed by atoms with E-state index in [4.69, 9.17) is 20.8 Å². The molecule has 0 saturated heterocycles. The van der Waals surface area contributed by atoms with Crippen LogP contribution in [0.2, 0.25) is 0 Å². The zero-order valence-corrected chi connectivity index (χ0v) is 22.0. The van der Waals surface area contributed by atoms with E-state index in [-0.39, 0.29) is 0 Å². The molecule has 3 heterocycles. The van der Waals surface area contributed by atoms with E-state index in [2.05, 4.69) is 72.8 Å². The summed E-state index contributed by atoms with van der Waals surface area (Å²) in [6, 6.07) is 31.1. The van der Waals surface area contributed by atoms with Gasteiger partial charge in [-0.05, 0) is 43.4 Å². The second kappa shape index (κ2) is 8.56. The molecule has 192 valence electrons. The van der Waals surface area contributed by atoms with Crippen LogP contribution in [0.25, 0.3) is 50.2 Å². The van der Waals surface area contributed by atoms with Crippen LogP contribution in [-0.4, -0.2) is 30.3 Å². The number of pyridine rings is 1. The standard InChI is InChI=1S/C33H29N5O/c1-21-17-27-35-18-26-28(22-9-5-3-6-10-22)29(23-11-7-4-8-12-23)30(36-31(26)38(27)37-21)24-13-15-25(16-14-24)33(34)19-32(2,39)20-33/h3-18,39H,19-20,34H2,1-2H3/t32-,33+. The Hall–Kier alpha value is -4.39. The van der Waals surface area contributed by atoms with Crippen molar-refractivity contribution in [1.82, 2.24) is 19.6 Å². The summed E-state index contributed by atoms with van der Waals surface area (Å²) in [4.78, 5) is 10.0. The third-order valence-corrected chi connectivity index (χ3v) is 7.80. The molecule has 0 aliphatic heterocycles. The van der Waals surface area contributed by atoms with Crippen molar-refractivity contribution in [2.45, 2.75) is 37.8 Å². The Balaban J connectivity index is 1.54. The lowest BCUT2D eigenvalue weighted by atomic mass is 9.63. The van der Waals surface area contributed by atoms with Crippen LogP contribution in [0.4, 0.5) is 0 Å². The average molecular weight is 512 g/mol. The highest BCUT2D eigenvalue weighted by Gasteiger charge is 2.49. The number of hydrogen-bond donors (Lipinski definition) is 2. The lowest BCUT2D eigenvalue weighted by Crippen LogP contribution is -2.58. The Kier molecular flexibility index (Phi) is 5.20. The number of fused-ring (bicyclic) bond motifs is 3. The van der Waals surface area contributed by atoms with E-state index < -0.39 is 11.1 Å². The van der Waals surface area contributed by atoms with Crippen molar-refractivity contribution in [1.29, 1.82) is 0 Å². The van der Waals surface area contributed by atoms with Crippen molar-refractivity contribution in [2.75, 3.05) is 0 Å². The van der Waals surface area contributed by atoms with Crippen molar-refractivity contribution in [2.24, 2.45) is 5.73 Å². The molecule has 39 heavy (non-hydrogen) atoms. The number of nitrogens with zero attached hydrogens (tertiary/aromatic N) is 4. The molecule has 1 saturated carbocycles.